The third-order valence-electron chi connectivity index (χ3n) is 4.44. The molecule has 0 atom stereocenters. The van der Waals surface area contributed by atoms with Crippen LogP contribution in [0, 0.1) is 0 Å². The van der Waals surface area contributed by atoms with E-state index in [-0.39, 0.29) is 5.91 Å². The molecule has 1 fully saturated rings. The second-order valence-electron chi connectivity index (χ2n) is 5.81. The largest absolute Gasteiger partial charge is 0.459 e. The molecule has 0 unspecified atom stereocenters. The fourth-order valence-electron chi connectivity index (χ4n) is 3.16. The summed E-state index contributed by atoms with van der Waals surface area (Å²) in [5, 5.41) is 0. The Morgan fingerprint density at radius 1 is 1.25 bits per heavy atom. The van der Waals surface area contributed by atoms with E-state index in [1.807, 2.05) is 21.8 Å². The fourth-order valence-corrected chi connectivity index (χ4v) is 3.16. The van der Waals surface area contributed by atoms with Gasteiger partial charge in [0.2, 0.25) is 0 Å². The number of anilines is 1. The number of piperazine rings is 1. The summed E-state index contributed by atoms with van der Waals surface area (Å²) in [4.78, 5) is 25.4. The van der Waals surface area contributed by atoms with Crippen molar-refractivity contribution in [3.8, 4) is 0 Å². The molecule has 124 valence electrons. The molecule has 1 aliphatic rings. The van der Waals surface area contributed by atoms with Gasteiger partial charge in [0.1, 0.15) is 5.52 Å². The lowest BCUT2D eigenvalue weighted by Gasteiger charge is -2.35. The van der Waals surface area contributed by atoms with Gasteiger partial charge in [-0.2, -0.15) is 0 Å². The number of hydrogen-bond acceptors (Lipinski definition) is 5. The Kier molecular flexibility index (Phi) is 3.68. The van der Waals surface area contributed by atoms with Gasteiger partial charge in [-0.15, -0.1) is 0 Å². The van der Waals surface area contributed by atoms with Crippen LogP contribution >= 0.6 is 0 Å². The number of nitrogens with zero attached hydrogens (tertiary/aromatic N) is 5. The molecule has 4 rings (SSSR count). The number of aromatic nitrogens is 3. The molecule has 1 aliphatic heterocycles. The lowest BCUT2D eigenvalue weighted by atomic mass is 10.2. The van der Waals surface area contributed by atoms with E-state index in [1.165, 1.54) is 6.26 Å². The first kappa shape index (κ1) is 14.7. The summed E-state index contributed by atoms with van der Waals surface area (Å²) in [5.41, 5.74) is 2.11. The number of rotatable bonds is 3. The van der Waals surface area contributed by atoms with Gasteiger partial charge in [-0.25, -0.2) is 9.97 Å². The SMILES string of the molecule is CCc1ncn2ccnc(N3CCN(C(=O)c4ccco4)CC3)c12. The maximum Gasteiger partial charge on any atom is 0.289 e. The van der Waals surface area contributed by atoms with Crippen molar-refractivity contribution in [3.05, 3.63) is 48.6 Å². The lowest BCUT2D eigenvalue weighted by Crippen LogP contribution is -2.49. The number of imidazole rings is 1. The maximum absolute atomic E-state index is 12.4. The first-order valence-electron chi connectivity index (χ1n) is 8.16. The van der Waals surface area contributed by atoms with Gasteiger partial charge in [0.25, 0.3) is 5.91 Å². The zero-order valence-electron chi connectivity index (χ0n) is 13.6. The summed E-state index contributed by atoms with van der Waals surface area (Å²) in [6.07, 6.45) is 7.94. The van der Waals surface area contributed by atoms with Crippen molar-refractivity contribution >= 4 is 17.2 Å². The second kappa shape index (κ2) is 5.99. The van der Waals surface area contributed by atoms with Crippen molar-refractivity contribution in [1.29, 1.82) is 0 Å². The van der Waals surface area contributed by atoms with Gasteiger partial charge in [-0.3, -0.25) is 4.79 Å². The van der Waals surface area contributed by atoms with E-state index in [1.54, 1.807) is 18.3 Å². The van der Waals surface area contributed by atoms with Gasteiger partial charge in [0.05, 0.1) is 18.3 Å². The van der Waals surface area contributed by atoms with Gasteiger partial charge < -0.3 is 18.6 Å². The van der Waals surface area contributed by atoms with Crippen molar-refractivity contribution in [2.24, 2.45) is 0 Å². The predicted molar refractivity (Wildman–Crippen MR) is 89.2 cm³/mol. The zero-order valence-corrected chi connectivity index (χ0v) is 13.6. The minimum atomic E-state index is -0.0515. The number of hydrogen-bond donors (Lipinski definition) is 0. The van der Waals surface area contributed by atoms with Crippen molar-refractivity contribution in [2.75, 3.05) is 31.1 Å². The first-order valence-corrected chi connectivity index (χ1v) is 8.16. The van der Waals surface area contributed by atoms with Gasteiger partial charge in [0, 0.05) is 38.6 Å². The second-order valence-corrected chi connectivity index (χ2v) is 5.81. The van der Waals surface area contributed by atoms with Gasteiger partial charge in [0.15, 0.2) is 11.6 Å². The van der Waals surface area contributed by atoms with E-state index in [0.717, 1.165) is 36.5 Å². The Hall–Kier alpha value is -2.83. The molecular formula is C17H19N5O2. The summed E-state index contributed by atoms with van der Waals surface area (Å²) in [6.45, 7) is 4.88. The van der Waals surface area contributed by atoms with Gasteiger partial charge in [-0.1, -0.05) is 6.92 Å². The molecule has 3 aromatic rings. The highest BCUT2D eigenvalue weighted by atomic mass is 16.3. The number of carbonyl (C=O) groups excluding carboxylic acids is 1. The van der Waals surface area contributed by atoms with Crippen molar-refractivity contribution in [3.63, 3.8) is 0 Å². The Bertz CT molecular complexity index is 847. The molecule has 3 aromatic heterocycles. The summed E-state index contributed by atoms with van der Waals surface area (Å²) < 4.78 is 7.22. The number of carbonyl (C=O) groups is 1. The van der Waals surface area contributed by atoms with E-state index in [9.17, 15) is 4.79 Å². The number of furan rings is 1. The quantitative estimate of drug-likeness (QED) is 0.735. The van der Waals surface area contributed by atoms with Gasteiger partial charge >= 0.3 is 0 Å². The topological polar surface area (TPSA) is 66.9 Å². The normalized spacial score (nSPS) is 15.2. The molecule has 0 radical (unpaired) electrons. The van der Waals surface area contributed by atoms with Crippen LogP contribution in [0.4, 0.5) is 5.82 Å². The Morgan fingerprint density at radius 2 is 2.08 bits per heavy atom. The highest BCUT2D eigenvalue weighted by Crippen LogP contribution is 2.23. The van der Waals surface area contributed by atoms with E-state index < -0.39 is 0 Å². The molecule has 0 N–H and O–H groups in total. The van der Waals surface area contributed by atoms with Crippen LogP contribution in [-0.4, -0.2) is 51.4 Å². The van der Waals surface area contributed by atoms with Crippen molar-refractivity contribution in [1.82, 2.24) is 19.3 Å². The van der Waals surface area contributed by atoms with Crippen molar-refractivity contribution in [2.45, 2.75) is 13.3 Å². The van der Waals surface area contributed by atoms with Crippen LogP contribution in [0.3, 0.4) is 0 Å². The van der Waals surface area contributed by atoms with Crippen LogP contribution in [0.25, 0.3) is 5.52 Å². The lowest BCUT2D eigenvalue weighted by molar-refractivity contribution is 0.0714. The van der Waals surface area contributed by atoms with Crippen LogP contribution in [0.5, 0.6) is 0 Å². The molecule has 7 nitrogen and oxygen atoms in total. The van der Waals surface area contributed by atoms with Crippen molar-refractivity contribution < 1.29 is 9.21 Å². The molecule has 24 heavy (non-hydrogen) atoms. The van der Waals surface area contributed by atoms with Crippen LogP contribution in [0.15, 0.2) is 41.5 Å². The molecule has 0 aromatic carbocycles. The average Bonchev–Trinajstić information content (AvgIpc) is 3.30. The Labute approximate surface area is 139 Å². The number of aryl methyl sites for hydroxylation is 1. The molecule has 1 saturated heterocycles. The molecule has 0 spiro atoms. The Morgan fingerprint density at radius 3 is 2.79 bits per heavy atom. The zero-order chi connectivity index (χ0) is 16.5. The number of fused-ring (bicyclic) bond motifs is 1. The number of amides is 1. The smallest absolute Gasteiger partial charge is 0.289 e. The predicted octanol–water partition coefficient (Wildman–Crippen LogP) is 1.85. The molecule has 0 aliphatic carbocycles. The third-order valence-corrected chi connectivity index (χ3v) is 4.44. The van der Waals surface area contributed by atoms with Crippen LogP contribution in [-0.2, 0) is 6.42 Å². The maximum atomic E-state index is 12.4. The molecule has 0 bridgehead atoms. The molecular weight excluding hydrogens is 306 g/mol. The first-order chi connectivity index (χ1) is 11.8. The molecule has 0 saturated carbocycles. The van der Waals surface area contributed by atoms with E-state index >= 15 is 0 Å². The Balaban J connectivity index is 1.54. The molecule has 7 heteroatoms. The van der Waals surface area contributed by atoms with E-state index in [2.05, 4.69) is 21.8 Å². The minimum Gasteiger partial charge on any atom is -0.459 e. The summed E-state index contributed by atoms with van der Waals surface area (Å²) in [7, 11) is 0. The monoisotopic (exact) mass is 325 g/mol. The van der Waals surface area contributed by atoms with E-state index in [4.69, 9.17) is 4.42 Å². The summed E-state index contributed by atoms with van der Waals surface area (Å²) in [6, 6.07) is 3.44. The third kappa shape index (κ3) is 2.42. The standard InChI is InChI=1S/C17H19N5O2/c1-2-13-15-16(18-5-6-22(15)12-19-13)20-7-9-21(10-8-20)17(23)14-4-3-11-24-14/h3-6,11-12H,2,7-10H2,1H3. The highest BCUT2D eigenvalue weighted by Gasteiger charge is 2.25. The minimum absolute atomic E-state index is 0.0515. The highest BCUT2D eigenvalue weighted by molar-refractivity contribution is 5.91. The molecule has 1 amide bonds. The van der Waals surface area contributed by atoms with Crippen LogP contribution < -0.4 is 4.90 Å². The summed E-state index contributed by atoms with van der Waals surface area (Å²) >= 11 is 0. The fraction of sp³-hybridized carbons (Fsp3) is 0.353. The average molecular weight is 325 g/mol. The molecule has 4 heterocycles. The van der Waals surface area contributed by atoms with Crippen LogP contribution in [0.1, 0.15) is 23.2 Å². The summed E-state index contributed by atoms with van der Waals surface area (Å²) in [5.74, 6) is 1.29. The van der Waals surface area contributed by atoms with Gasteiger partial charge in [-0.05, 0) is 18.6 Å². The van der Waals surface area contributed by atoms with E-state index in [0.29, 0.717) is 18.8 Å². The van der Waals surface area contributed by atoms with Crippen LogP contribution in [0.2, 0.25) is 0 Å².